The third kappa shape index (κ3) is 6.23. The summed E-state index contributed by atoms with van der Waals surface area (Å²) in [5.41, 5.74) is 0.458. The summed E-state index contributed by atoms with van der Waals surface area (Å²) < 4.78 is 5.47. The number of carbonyl (C=O) groups is 3. The number of amides is 3. The van der Waals surface area contributed by atoms with Gasteiger partial charge in [-0.25, -0.2) is 4.79 Å². The Morgan fingerprint density at radius 3 is 2.56 bits per heavy atom. The maximum atomic E-state index is 12.6. The molecule has 0 atom stereocenters. The predicted octanol–water partition coefficient (Wildman–Crippen LogP) is 3.03. The topological polar surface area (TPSA) is 82.2 Å². The highest BCUT2D eigenvalue weighted by Crippen LogP contribution is 2.29. The number of hydrogen-bond donors (Lipinski definition) is 1. The van der Waals surface area contributed by atoms with Gasteiger partial charge in [0.1, 0.15) is 5.60 Å². The Labute approximate surface area is 209 Å². The van der Waals surface area contributed by atoms with Crippen LogP contribution in [-0.2, 0) is 14.3 Å². The summed E-state index contributed by atoms with van der Waals surface area (Å²) in [4.78, 5) is 42.5. The second-order valence-corrected chi connectivity index (χ2v) is 9.90. The van der Waals surface area contributed by atoms with E-state index in [1.54, 1.807) is 29.2 Å². The molecule has 0 bridgehead atoms. The number of carbonyl (C=O) groups excluding carboxylic acids is 3. The highest BCUT2D eigenvalue weighted by Gasteiger charge is 2.42. The molecule has 4 rings (SSSR count). The van der Waals surface area contributed by atoms with Gasteiger partial charge in [0.15, 0.2) is 0 Å². The SMILES string of the molecule is O=C1NCC2(CCN(CCCN3CCN(C(=O)C=Cc4ccc(Cl)c(Cl)c4)CCC3=O)CC2)O1. The molecule has 0 unspecified atom stereocenters. The van der Waals surface area contributed by atoms with E-state index in [0.29, 0.717) is 49.2 Å². The number of rotatable bonds is 6. The van der Waals surface area contributed by atoms with E-state index in [9.17, 15) is 14.4 Å². The molecule has 1 aromatic rings. The Kier molecular flexibility index (Phi) is 8.01. The van der Waals surface area contributed by atoms with Crippen molar-refractivity contribution in [3.05, 3.63) is 39.9 Å². The van der Waals surface area contributed by atoms with Crippen LogP contribution in [0.15, 0.2) is 24.3 Å². The minimum absolute atomic E-state index is 0.0882. The number of likely N-dealkylation sites (tertiary alicyclic amines) is 1. The fourth-order valence-electron chi connectivity index (χ4n) is 4.66. The van der Waals surface area contributed by atoms with Crippen LogP contribution in [0.2, 0.25) is 10.0 Å². The molecule has 34 heavy (non-hydrogen) atoms. The minimum atomic E-state index is -0.335. The molecule has 1 aromatic carbocycles. The number of halogens is 2. The highest BCUT2D eigenvalue weighted by molar-refractivity contribution is 6.42. The second-order valence-electron chi connectivity index (χ2n) is 9.08. The largest absolute Gasteiger partial charge is 0.441 e. The van der Waals surface area contributed by atoms with Crippen molar-refractivity contribution in [2.45, 2.75) is 31.3 Å². The van der Waals surface area contributed by atoms with Crippen LogP contribution >= 0.6 is 23.2 Å². The van der Waals surface area contributed by atoms with Gasteiger partial charge < -0.3 is 24.8 Å². The molecule has 3 amide bonds. The van der Waals surface area contributed by atoms with Gasteiger partial charge >= 0.3 is 6.09 Å². The Morgan fingerprint density at radius 2 is 1.85 bits per heavy atom. The number of ether oxygens (including phenoxy) is 1. The van der Waals surface area contributed by atoms with Crippen molar-refractivity contribution < 1.29 is 19.1 Å². The summed E-state index contributed by atoms with van der Waals surface area (Å²) in [5, 5.41) is 3.67. The van der Waals surface area contributed by atoms with Gasteiger partial charge in [-0.3, -0.25) is 9.59 Å². The first-order valence-electron chi connectivity index (χ1n) is 11.7. The summed E-state index contributed by atoms with van der Waals surface area (Å²) in [7, 11) is 0. The van der Waals surface area contributed by atoms with Gasteiger partial charge in [-0.05, 0) is 36.7 Å². The molecule has 1 spiro atoms. The third-order valence-corrected chi connectivity index (χ3v) is 7.53. The maximum absolute atomic E-state index is 12.6. The summed E-state index contributed by atoms with van der Waals surface area (Å²) in [6, 6.07) is 5.20. The smallest absolute Gasteiger partial charge is 0.407 e. The molecule has 0 saturated carbocycles. The lowest BCUT2D eigenvalue weighted by Crippen LogP contribution is -2.47. The molecule has 3 heterocycles. The van der Waals surface area contributed by atoms with Crippen molar-refractivity contribution in [3.8, 4) is 0 Å². The van der Waals surface area contributed by atoms with Crippen LogP contribution < -0.4 is 5.32 Å². The summed E-state index contributed by atoms with van der Waals surface area (Å²) in [6.45, 7) is 5.42. The van der Waals surface area contributed by atoms with Gasteiger partial charge in [-0.15, -0.1) is 0 Å². The quantitative estimate of drug-likeness (QED) is 0.597. The van der Waals surface area contributed by atoms with Crippen LogP contribution in [0.5, 0.6) is 0 Å². The minimum Gasteiger partial charge on any atom is -0.441 e. The number of piperidine rings is 1. The number of nitrogens with one attached hydrogen (secondary N) is 1. The molecule has 3 saturated heterocycles. The fraction of sp³-hybridized carbons (Fsp3) is 0.542. The lowest BCUT2D eigenvalue weighted by atomic mass is 9.91. The van der Waals surface area contributed by atoms with E-state index in [1.807, 2.05) is 4.90 Å². The molecule has 3 fully saturated rings. The lowest BCUT2D eigenvalue weighted by molar-refractivity contribution is -0.130. The van der Waals surface area contributed by atoms with Crippen molar-refractivity contribution in [2.75, 3.05) is 52.4 Å². The van der Waals surface area contributed by atoms with Crippen LogP contribution in [-0.4, -0.2) is 90.6 Å². The molecule has 1 N–H and O–H groups in total. The van der Waals surface area contributed by atoms with Gasteiger partial charge in [0.05, 0.1) is 16.6 Å². The lowest BCUT2D eigenvalue weighted by Gasteiger charge is -2.37. The van der Waals surface area contributed by atoms with Crippen LogP contribution in [0.1, 0.15) is 31.2 Å². The Hall–Kier alpha value is -2.29. The van der Waals surface area contributed by atoms with Crippen molar-refractivity contribution in [1.82, 2.24) is 20.0 Å². The number of alkyl carbamates (subject to hydrolysis) is 1. The molecule has 3 aliphatic heterocycles. The van der Waals surface area contributed by atoms with Gasteiger partial charge in [-0.1, -0.05) is 29.3 Å². The number of hydrogen-bond acceptors (Lipinski definition) is 5. The highest BCUT2D eigenvalue weighted by atomic mass is 35.5. The molecule has 184 valence electrons. The zero-order valence-electron chi connectivity index (χ0n) is 19.1. The molecule has 3 aliphatic rings. The third-order valence-electron chi connectivity index (χ3n) is 6.80. The molecule has 0 aliphatic carbocycles. The van der Waals surface area contributed by atoms with Crippen LogP contribution in [0.25, 0.3) is 6.08 Å². The van der Waals surface area contributed by atoms with Gasteiger partial charge in [0.2, 0.25) is 11.8 Å². The normalized spacial score (nSPS) is 21.1. The molecule has 0 aromatic heterocycles. The summed E-state index contributed by atoms with van der Waals surface area (Å²) >= 11 is 12.0. The summed E-state index contributed by atoms with van der Waals surface area (Å²) in [5.74, 6) is -0.0321. The standard InChI is InChI=1S/C24H30Cl2N4O4/c25-19-4-2-18(16-20(19)26)3-5-21(31)30-11-6-22(32)29(14-15-30)10-1-9-28-12-7-24(8-13-28)17-27-23(33)34-24/h2-5,16H,1,6-15,17H2,(H,27,33). The average molecular weight is 509 g/mol. The zero-order valence-corrected chi connectivity index (χ0v) is 20.6. The van der Waals surface area contributed by atoms with Crippen LogP contribution in [0.4, 0.5) is 4.79 Å². The van der Waals surface area contributed by atoms with Crippen LogP contribution in [0, 0.1) is 0 Å². The van der Waals surface area contributed by atoms with E-state index in [2.05, 4.69) is 10.2 Å². The first-order valence-corrected chi connectivity index (χ1v) is 12.5. The maximum Gasteiger partial charge on any atom is 0.407 e. The molecule has 10 heteroatoms. The first kappa shape index (κ1) is 24.8. The molecule has 8 nitrogen and oxygen atoms in total. The van der Waals surface area contributed by atoms with Crippen molar-refractivity contribution in [3.63, 3.8) is 0 Å². The van der Waals surface area contributed by atoms with E-state index in [4.69, 9.17) is 27.9 Å². The van der Waals surface area contributed by atoms with E-state index in [-0.39, 0.29) is 23.5 Å². The Bertz CT molecular complexity index is 962. The van der Waals surface area contributed by atoms with Crippen molar-refractivity contribution in [2.24, 2.45) is 0 Å². The average Bonchev–Trinajstić information content (AvgIpc) is 3.08. The van der Waals surface area contributed by atoms with E-state index in [0.717, 1.165) is 44.5 Å². The monoisotopic (exact) mass is 508 g/mol. The van der Waals surface area contributed by atoms with Crippen molar-refractivity contribution in [1.29, 1.82) is 0 Å². The van der Waals surface area contributed by atoms with E-state index >= 15 is 0 Å². The van der Waals surface area contributed by atoms with E-state index in [1.165, 1.54) is 6.08 Å². The van der Waals surface area contributed by atoms with Gasteiger partial charge in [-0.2, -0.15) is 0 Å². The summed E-state index contributed by atoms with van der Waals surface area (Å²) in [6.07, 6.45) is 5.78. The second kappa shape index (κ2) is 11.0. The molecular weight excluding hydrogens is 479 g/mol. The predicted molar refractivity (Wildman–Crippen MR) is 131 cm³/mol. The van der Waals surface area contributed by atoms with Crippen LogP contribution in [0.3, 0.4) is 0 Å². The number of nitrogens with zero attached hydrogens (tertiary/aromatic N) is 3. The molecule has 0 radical (unpaired) electrons. The first-order chi connectivity index (χ1) is 16.3. The Balaban J connectivity index is 1.20. The zero-order chi connectivity index (χ0) is 24.1. The van der Waals surface area contributed by atoms with Gasteiger partial charge in [0.25, 0.3) is 0 Å². The van der Waals surface area contributed by atoms with Gasteiger partial charge in [0, 0.05) is 64.6 Å². The number of benzene rings is 1. The van der Waals surface area contributed by atoms with Crippen molar-refractivity contribution >= 4 is 47.2 Å². The Morgan fingerprint density at radius 1 is 1.06 bits per heavy atom. The molecular formula is C24H30Cl2N4O4. The fourth-order valence-corrected chi connectivity index (χ4v) is 4.97. The van der Waals surface area contributed by atoms with E-state index < -0.39 is 0 Å².